The van der Waals surface area contributed by atoms with Crippen LogP contribution in [0, 0.1) is 12.3 Å². The summed E-state index contributed by atoms with van der Waals surface area (Å²) in [6, 6.07) is 3.27. The molecule has 5 nitrogen and oxygen atoms in total. The maximum atomic E-state index is 11.1. The highest BCUT2D eigenvalue weighted by molar-refractivity contribution is 5.86. The fraction of sp³-hybridized carbons (Fsp3) is 0.417. The zero-order valence-electron chi connectivity index (χ0n) is 9.77. The Labute approximate surface area is 101 Å². The van der Waals surface area contributed by atoms with Crippen molar-refractivity contribution in [2.24, 2.45) is 0 Å². The van der Waals surface area contributed by atoms with Crippen LogP contribution in [0.3, 0.4) is 0 Å². The van der Waals surface area contributed by atoms with E-state index in [1.165, 1.54) is 7.11 Å². The minimum atomic E-state index is -0.488. The van der Waals surface area contributed by atoms with Crippen LogP contribution in [-0.4, -0.2) is 29.8 Å². The van der Waals surface area contributed by atoms with Gasteiger partial charge in [-0.3, -0.25) is 0 Å². The van der Waals surface area contributed by atoms with Gasteiger partial charge in [0.25, 0.3) is 0 Å². The van der Waals surface area contributed by atoms with E-state index in [4.69, 9.17) is 6.42 Å². The number of aromatic nitrogens is 2. The van der Waals surface area contributed by atoms with E-state index in [0.717, 1.165) is 25.8 Å². The standard InChI is InChI=1S/C12H15N3O2/c1-3-4-5-6-9-13-11-8-7-10(14-15-11)12(16)17-2/h1,7-8H,4-6,9H2,2H3,(H,13,15). The summed E-state index contributed by atoms with van der Waals surface area (Å²) in [5.41, 5.74) is 0.199. The molecule has 0 fully saturated rings. The molecular weight excluding hydrogens is 218 g/mol. The Hall–Kier alpha value is -2.09. The SMILES string of the molecule is C#CCCCCNc1ccc(C(=O)OC)nn1. The van der Waals surface area contributed by atoms with E-state index in [1.807, 2.05) is 0 Å². The Balaban J connectivity index is 2.36. The number of anilines is 1. The summed E-state index contributed by atoms with van der Waals surface area (Å²) >= 11 is 0. The van der Waals surface area contributed by atoms with Crippen molar-refractivity contribution < 1.29 is 9.53 Å². The highest BCUT2D eigenvalue weighted by Crippen LogP contribution is 2.03. The smallest absolute Gasteiger partial charge is 0.358 e. The number of hydrogen-bond donors (Lipinski definition) is 1. The first-order valence-corrected chi connectivity index (χ1v) is 5.37. The lowest BCUT2D eigenvalue weighted by atomic mass is 10.2. The highest BCUT2D eigenvalue weighted by atomic mass is 16.5. The molecule has 1 aromatic heterocycles. The number of nitrogens with zero attached hydrogens (tertiary/aromatic N) is 2. The molecule has 0 aliphatic rings. The van der Waals surface area contributed by atoms with Gasteiger partial charge in [-0.1, -0.05) is 0 Å². The van der Waals surface area contributed by atoms with E-state index in [2.05, 4.69) is 26.2 Å². The Morgan fingerprint density at radius 2 is 2.29 bits per heavy atom. The first-order chi connectivity index (χ1) is 8.27. The molecule has 0 saturated heterocycles. The van der Waals surface area contributed by atoms with Crippen LogP contribution in [0.25, 0.3) is 0 Å². The molecule has 0 aromatic carbocycles. The van der Waals surface area contributed by atoms with Crippen molar-refractivity contribution in [3.8, 4) is 12.3 Å². The molecule has 1 aromatic rings. The number of methoxy groups -OCH3 is 1. The van der Waals surface area contributed by atoms with Crippen LogP contribution in [0.4, 0.5) is 5.82 Å². The average Bonchev–Trinajstić information content (AvgIpc) is 2.38. The molecule has 0 saturated carbocycles. The van der Waals surface area contributed by atoms with Crippen molar-refractivity contribution in [2.75, 3.05) is 19.0 Å². The molecule has 0 aliphatic carbocycles. The van der Waals surface area contributed by atoms with E-state index < -0.39 is 5.97 Å². The van der Waals surface area contributed by atoms with Gasteiger partial charge < -0.3 is 10.1 Å². The molecule has 0 atom stereocenters. The number of hydrogen-bond acceptors (Lipinski definition) is 5. The number of terminal acetylenes is 1. The van der Waals surface area contributed by atoms with Crippen molar-refractivity contribution >= 4 is 11.8 Å². The predicted molar refractivity (Wildman–Crippen MR) is 64.5 cm³/mol. The van der Waals surface area contributed by atoms with E-state index in [0.29, 0.717) is 5.82 Å². The average molecular weight is 233 g/mol. The monoisotopic (exact) mass is 233 g/mol. The quantitative estimate of drug-likeness (QED) is 0.458. The Bertz CT molecular complexity index is 395. The minimum absolute atomic E-state index is 0.199. The summed E-state index contributed by atoms with van der Waals surface area (Å²) in [4.78, 5) is 11.1. The molecule has 90 valence electrons. The molecule has 1 heterocycles. The summed E-state index contributed by atoms with van der Waals surface area (Å²) in [7, 11) is 1.31. The minimum Gasteiger partial charge on any atom is -0.464 e. The fourth-order valence-corrected chi connectivity index (χ4v) is 1.21. The first kappa shape index (κ1) is 13.0. The number of nitrogens with one attached hydrogen (secondary N) is 1. The Morgan fingerprint density at radius 3 is 2.88 bits per heavy atom. The highest BCUT2D eigenvalue weighted by Gasteiger charge is 2.06. The summed E-state index contributed by atoms with van der Waals surface area (Å²) < 4.78 is 4.52. The van der Waals surface area contributed by atoms with Crippen LogP contribution >= 0.6 is 0 Å². The van der Waals surface area contributed by atoms with Gasteiger partial charge in [-0.15, -0.1) is 22.5 Å². The molecule has 0 spiro atoms. The normalized spacial score (nSPS) is 9.41. The zero-order valence-corrected chi connectivity index (χ0v) is 9.77. The molecular formula is C12H15N3O2. The van der Waals surface area contributed by atoms with Crippen molar-refractivity contribution in [1.29, 1.82) is 0 Å². The Morgan fingerprint density at radius 1 is 1.47 bits per heavy atom. The second kappa shape index (κ2) is 7.23. The lowest BCUT2D eigenvalue weighted by Gasteiger charge is -2.04. The van der Waals surface area contributed by atoms with Crippen molar-refractivity contribution in [1.82, 2.24) is 10.2 Å². The van der Waals surface area contributed by atoms with E-state index in [-0.39, 0.29) is 5.69 Å². The van der Waals surface area contributed by atoms with E-state index >= 15 is 0 Å². The van der Waals surface area contributed by atoms with Crippen LogP contribution in [0.15, 0.2) is 12.1 Å². The summed E-state index contributed by atoms with van der Waals surface area (Å²) in [6.07, 6.45) is 7.89. The molecule has 0 bridgehead atoms. The number of esters is 1. The second-order valence-corrected chi connectivity index (χ2v) is 3.38. The van der Waals surface area contributed by atoms with Crippen molar-refractivity contribution in [3.05, 3.63) is 17.8 Å². The molecule has 0 amide bonds. The number of unbranched alkanes of at least 4 members (excludes halogenated alkanes) is 2. The van der Waals surface area contributed by atoms with Gasteiger partial charge in [0.05, 0.1) is 7.11 Å². The molecule has 0 unspecified atom stereocenters. The number of rotatable bonds is 6. The molecule has 5 heteroatoms. The van der Waals surface area contributed by atoms with E-state index in [1.54, 1.807) is 12.1 Å². The molecule has 0 radical (unpaired) electrons. The topological polar surface area (TPSA) is 64.1 Å². The molecule has 1 rings (SSSR count). The third-order valence-corrected chi connectivity index (χ3v) is 2.11. The van der Waals surface area contributed by atoms with Crippen molar-refractivity contribution in [2.45, 2.75) is 19.3 Å². The largest absolute Gasteiger partial charge is 0.464 e. The van der Waals surface area contributed by atoms with Crippen molar-refractivity contribution in [3.63, 3.8) is 0 Å². The summed E-state index contributed by atoms with van der Waals surface area (Å²) in [5, 5.41) is 10.7. The predicted octanol–water partition coefficient (Wildman–Crippen LogP) is 1.48. The van der Waals surface area contributed by atoms with Crippen LogP contribution in [0.5, 0.6) is 0 Å². The Kier molecular flexibility index (Phi) is 5.52. The lowest BCUT2D eigenvalue weighted by molar-refractivity contribution is 0.0593. The maximum absolute atomic E-state index is 11.1. The van der Waals surface area contributed by atoms with Gasteiger partial charge in [0.2, 0.25) is 0 Å². The van der Waals surface area contributed by atoms with Crippen LogP contribution < -0.4 is 5.32 Å². The third kappa shape index (κ3) is 4.51. The number of ether oxygens (including phenoxy) is 1. The van der Waals surface area contributed by atoms with Gasteiger partial charge in [0.15, 0.2) is 5.69 Å². The van der Waals surface area contributed by atoms with Gasteiger partial charge in [-0.25, -0.2) is 4.79 Å². The van der Waals surface area contributed by atoms with Gasteiger partial charge >= 0.3 is 5.97 Å². The lowest BCUT2D eigenvalue weighted by Crippen LogP contribution is -2.08. The van der Waals surface area contributed by atoms with Gasteiger partial charge in [-0.05, 0) is 25.0 Å². The van der Waals surface area contributed by atoms with Gasteiger partial charge in [0.1, 0.15) is 5.82 Å². The van der Waals surface area contributed by atoms with Crippen LogP contribution in [-0.2, 0) is 4.74 Å². The molecule has 17 heavy (non-hydrogen) atoms. The first-order valence-electron chi connectivity index (χ1n) is 5.37. The fourth-order valence-electron chi connectivity index (χ4n) is 1.21. The third-order valence-electron chi connectivity index (χ3n) is 2.11. The van der Waals surface area contributed by atoms with E-state index in [9.17, 15) is 4.79 Å². The van der Waals surface area contributed by atoms with Gasteiger partial charge in [0, 0.05) is 13.0 Å². The number of carbonyl (C=O) groups is 1. The second-order valence-electron chi connectivity index (χ2n) is 3.38. The summed E-state index contributed by atoms with van der Waals surface area (Å²) in [6.45, 7) is 0.786. The van der Waals surface area contributed by atoms with Gasteiger partial charge in [-0.2, -0.15) is 0 Å². The molecule has 0 aliphatic heterocycles. The number of carbonyl (C=O) groups excluding carboxylic acids is 1. The molecule has 1 N–H and O–H groups in total. The zero-order chi connectivity index (χ0) is 12.5. The van der Waals surface area contributed by atoms with Crippen LogP contribution in [0.1, 0.15) is 29.8 Å². The summed E-state index contributed by atoms with van der Waals surface area (Å²) in [5.74, 6) is 2.74. The van der Waals surface area contributed by atoms with Crippen LogP contribution in [0.2, 0.25) is 0 Å². The maximum Gasteiger partial charge on any atom is 0.358 e.